The first-order valence-electron chi connectivity index (χ1n) is 11.0. The predicted octanol–water partition coefficient (Wildman–Crippen LogP) is 4.20. The van der Waals surface area contributed by atoms with Crippen LogP contribution >= 0.6 is 0 Å². The molecule has 5 rings (SSSR count). The third kappa shape index (κ3) is 3.76. The molecular formula is C27H21N3O6. The van der Waals surface area contributed by atoms with Gasteiger partial charge < -0.3 is 19.9 Å². The number of ether oxygens (including phenoxy) is 1. The van der Waals surface area contributed by atoms with Gasteiger partial charge in [0.05, 0.1) is 35.3 Å². The van der Waals surface area contributed by atoms with Crippen LogP contribution in [0.3, 0.4) is 0 Å². The molecule has 1 aromatic heterocycles. The molecule has 9 heteroatoms. The number of hydrogen-bond acceptors (Lipinski definition) is 6. The topological polar surface area (TPSA) is 133 Å². The summed E-state index contributed by atoms with van der Waals surface area (Å²) in [6, 6.07) is 17.1. The molecule has 1 atom stereocenters. The number of carboxylic acid groups (broad SMARTS) is 1. The highest BCUT2D eigenvalue weighted by molar-refractivity contribution is 6.51. The van der Waals surface area contributed by atoms with Gasteiger partial charge in [0.15, 0.2) is 0 Å². The summed E-state index contributed by atoms with van der Waals surface area (Å²) >= 11 is 0. The molecule has 1 unspecified atom stereocenters. The fourth-order valence-corrected chi connectivity index (χ4v) is 4.26. The Morgan fingerprint density at radius 3 is 2.28 bits per heavy atom. The van der Waals surface area contributed by atoms with Crippen molar-refractivity contribution in [2.45, 2.75) is 13.0 Å². The minimum Gasteiger partial charge on any atom is -0.507 e. The van der Waals surface area contributed by atoms with Gasteiger partial charge >= 0.3 is 11.9 Å². The van der Waals surface area contributed by atoms with Gasteiger partial charge in [-0.3, -0.25) is 14.5 Å². The molecule has 3 N–H and O–H groups in total. The number of aryl methyl sites for hydroxylation is 1. The van der Waals surface area contributed by atoms with E-state index >= 15 is 0 Å². The maximum atomic E-state index is 13.3. The summed E-state index contributed by atoms with van der Waals surface area (Å²) in [5.74, 6) is -2.51. The van der Waals surface area contributed by atoms with E-state index in [1.807, 2.05) is 6.92 Å². The summed E-state index contributed by atoms with van der Waals surface area (Å²) in [5, 5.41) is 20.5. The van der Waals surface area contributed by atoms with E-state index in [2.05, 4.69) is 9.97 Å². The standard InChI is InChI=1S/C27H21N3O6/c1-14-3-5-16(6-4-14)23(31)21-22(15-7-10-18(36-2)11-8-15)30(25(33)24(21)32)27-28-19-12-9-17(26(34)35)13-20(19)29-27/h3-13,22,31H,1-2H3,(H,28,29)(H,34,35)/b23-21+. The first kappa shape index (κ1) is 22.9. The number of imidazole rings is 1. The number of ketones is 1. The maximum absolute atomic E-state index is 13.3. The van der Waals surface area contributed by atoms with Crippen molar-refractivity contribution in [1.82, 2.24) is 9.97 Å². The Bertz CT molecular complexity index is 1550. The summed E-state index contributed by atoms with van der Waals surface area (Å²) in [6.45, 7) is 1.90. The molecule has 0 bridgehead atoms. The molecular weight excluding hydrogens is 462 g/mol. The van der Waals surface area contributed by atoms with Crippen LogP contribution in [-0.2, 0) is 9.59 Å². The number of aromatic carboxylic acids is 1. The zero-order valence-corrected chi connectivity index (χ0v) is 19.4. The van der Waals surface area contributed by atoms with E-state index in [0.717, 1.165) is 5.56 Å². The van der Waals surface area contributed by atoms with E-state index in [1.54, 1.807) is 48.5 Å². The van der Waals surface area contributed by atoms with Gasteiger partial charge in [-0.15, -0.1) is 0 Å². The van der Waals surface area contributed by atoms with Crippen LogP contribution < -0.4 is 9.64 Å². The van der Waals surface area contributed by atoms with Crippen LogP contribution in [0.5, 0.6) is 5.75 Å². The van der Waals surface area contributed by atoms with E-state index in [1.165, 1.54) is 30.2 Å². The van der Waals surface area contributed by atoms with Crippen LogP contribution in [-0.4, -0.2) is 45.0 Å². The SMILES string of the molecule is COc1ccc(C2/C(=C(\O)c3ccc(C)cc3)C(=O)C(=O)N2c2nc3ccc(C(=O)O)cc3[nH]2)cc1. The number of fused-ring (bicyclic) bond motifs is 1. The maximum Gasteiger partial charge on any atom is 0.335 e. The number of carbonyl (C=O) groups is 3. The van der Waals surface area contributed by atoms with Gasteiger partial charge in [0, 0.05) is 5.56 Å². The Hall–Kier alpha value is -4.92. The second kappa shape index (κ2) is 8.70. The Balaban J connectivity index is 1.70. The molecule has 0 spiro atoms. The summed E-state index contributed by atoms with van der Waals surface area (Å²) < 4.78 is 5.24. The van der Waals surface area contributed by atoms with E-state index in [-0.39, 0.29) is 22.8 Å². The Kier molecular flexibility index (Phi) is 5.52. The van der Waals surface area contributed by atoms with Gasteiger partial charge in [-0.05, 0) is 42.8 Å². The minimum atomic E-state index is -1.11. The number of nitrogens with one attached hydrogen (secondary N) is 1. The van der Waals surface area contributed by atoms with Crippen molar-refractivity contribution in [3.63, 3.8) is 0 Å². The van der Waals surface area contributed by atoms with Crippen molar-refractivity contribution in [3.05, 3.63) is 94.6 Å². The van der Waals surface area contributed by atoms with Crippen LogP contribution in [0.4, 0.5) is 5.95 Å². The number of aliphatic hydroxyl groups is 1. The number of Topliss-reactive ketones (excluding diaryl/α,β-unsaturated/α-hetero) is 1. The first-order chi connectivity index (χ1) is 17.3. The third-order valence-electron chi connectivity index (χ3n) is 6.15. The van der Waals surface area contributed by atoms with Crippen molar-refractivity contribution in [3.8, 4) is 5.75 Å². The van der Waals surface area contributed by atoms with Crippen molar-refractivity contribution in [2.75, 3.05) is 12.0 Å². The molecule has 0 aliphatic carbocycles. The van der Waals surface area contributed by atoms with Gasteiger partial charge in [-0.25, -0.2) is 9.78 Å². The number of aromatic nitrogens is 2. The van der Waals surface area contributed by atoms with Crippen molar-refractivity contribution in [2.24, 2.45) is 0 Å². The number of aromatic amines is 1. The average molecular weight is 483 g/mol. The van der Waals surface area contributed by atoms with Crippen LogP contribution in [0, 0.1) is 6.92 Å². The molecule has 1 fully saturated rings. The molecule has 0 saturated carbocycles. The second-order valence-corrected chi connectivity index (χ2v) is 8.41. The summed E-state index contributed by atoms with van der Waals surface area (Å²) in [6.07, 6.45) is 0. The fourth-order valence-electron chi connectivity index (χ4n) is 4.26. The zero-order valence-electron chi connectivity index (χ0n) is 19.4. The molecule has 3 aromatic carbocycles. The van der Waals surface area contributed by atoms with Crippen molar-refractivity contribution >= 4 is 40.4 Å². The number of H-pyrrole nitrogens is 1. The number of carbonyl (C=O) groups excluding carboxylic acids is 2. The molecule has 1 aliphatic heterocycles. The largest absolute Gasteiger partial charge is 0.507 e. The van der Waals surface area contributed by atoms with Gasteiger partial charge in [-0.1, -0.05) is 42.0 Å². The van der Waals surface area contributed by atoms with Crippen LogP contribution in [0.15, 0.2) is 72.3 Å². The number of anilines is 1. The van der Waals surface area contributed by atoms with Crippen LogP contribution in [0.25, 0.3) is 16.8 Å². The number of benzene rings is 3. The van der Waals surface area contributed by atoms with Gasteiger partial charge in [-0.2, -0.15) is 0 Å². The highest BCUT2D eigenvalue weighted by atomic mass is 16.5. The predicted molar refractivity (Wildman–Crippen MR) is 132 cm³/mol. The smallest absolute Gasteiger partial charge is 0.335 e. The normalized spacial score (nSPS) is 17.1. The van der Waals surface area contributed by atoms with E-state index in [0.29, 0.717) is 27.9 Å². The average Bonchev–Trinajstić information content (AvgIpc) is 3.41. The molecule has 36 heavy (non-hydrogen) atoms. The monoisotopic (exact) mass is 483 g/mol. The minimum absolute atomic E-state index is 0.0471. The molecule has 1 saturated heterocycles. The number of aliphatic hydroxyl groups excluding tert-OH is 1. The molecule has 1 amide bonds. The van der Waals surface area contributed by atoms with Gasteiger partial charge in [0.25, 0.3) is 5.78 Å². The number of nitrogens with zero attached hydrogens (tertiary/aromatic N) is 2. The summed E-state index contributed by atoms with van der Waals surface area (Å²) in [4.78, 5) is 46.6. The number of hydrogen-bond donors (Lipinski definition) is 3. The molecule has 2 heterocycles. The van der Waals surface area contributed by atoms with Crippen LogP contribution in [0.2, 0.25) is 0 Å². The lowest BCUT2D eigenvalue weighted by molar-refractivity contribution is -0.132. The Labute approximate surface area is 205 Å². The van der Waals surface area contributed by atoms with Crippen molar-refractivity contribution < 1.29 is 29.3 Å². The molecule has 1 aliphatic rings. The summed E-state index contributed by atoms with van der Waals surface area (Å²) in [5.41, 5.74) is 2.69. The zero-order chi connectivity index (χ0) is 25.6. The van der Waals surface area contributed by atoms with E-state index < -0.39 is 23.7 Å². The molecule has 9 nitrogen and oxygen atoms in total. The van der Waals surface area contributed by atoms with Crippen LogP contribution in [0.1, 0.15) is 33.1 Å². The quantitative estimate of drug-likeness (QED) is 0.220. The highest BCUT2D eigenvalue weighted by Crippen LogP contribution is 2.42. The fraction of sp³-hybridized carbons (Fsp3) is 0.111. The number of amides is 1. The summed E-state index contributed by atoms with van der Waals surface area (Å²) in [7, 11) is 1.53. The lowest BCUT2D eigenvalue weighted by Gasteiger charge is -2.23. The lowest BCUT2D eigenvalue weighted by atomic mass is 9.95. The van der Waals surface area contributed by atoms with Gasteiger partial charge in [0.1, 0.15) is 11.5 Å². The van der Waals surface area contributed by atoms with E-state index in [4.69, 9.17) is 4.74 Å². The van der Waals surface area contributed by atoms with Crippen molar-refractivity contribution in [1.29, 1.82) is 0 Å². The molecule has 4 aromatic rings. The Morgan fingerprint density at radius 2 is 1.64 bits per heavy atom. The third-order valence-corrected chi connectivity index (χ3v) is 6.15. The Morgan fingerprint density at radius 1 is 0.972 bits per heavy atom. The van der Waals surface area contributed by atoms with E-state index in [9.17, 15) is 24.6 Å². The highest BCUT2D eigenvalue weighted by Gasteiger charge is 2.48. The number of carboxylic acids is 1. The molecule has 0 radical (unpaired) electrons. The first-order valence-corrected chi connectivity index (χ1v) is 11.0. The second-order valence-electron chi connectivity index (χ2n) is 8.41. The van der Waals surface area contributed by atoms with Gasteiger partial charge in [0.2, 0.25) is 5.95 Å². The lowest BCUT2D eigenvalue weighted by Crippen LogP contribution is -2.30. The molecule has 180 valence electrons. The number of methoxy groups -OCH3 is 1. The number of rotatable bonds is 5.